The largest absolute Gasteiger partial charge is 0.389 e. The smallest absolute Gasteiger partial charge is 0.343 e. The predicted molar refractivity (Wildman–Crippen MR) is 72.8 cm³/mol. The second-order valence-corrected chi connectivity index (χ2v) is 5.50. The van der Waals surface area contributed by atoms with E-state index in [2.05, 4.69) is 4.98 Å². The third-order valence-corrected chi connectivity index (χ3v) is 3.99. The van der Waals surface area contributed by atoms with Gasteiger partial charge in [-0.15, -0.1) is 0 Å². The Morgan fingerprint density at radius 3 is 2.62 bits per heavy atom. The van der Waals surface area contributed by atoms with Crippen LogP contribution >= 0.6 is 0 Å². The van der Waals surface area contributed by atoms with Crippen molar-refractivity contribution in [1.82, 2.24) is 9.88 Å². The summed E-state index contributed by atoms with van der Waals surface area (Å²) in [6.45, 7) is 3.07. The monoisotopic (exact) mass is 300 g/mol. The topological polar surface area (TPSA) is 33.2 Å². The van der Waals surface area contributed by atoms with Crippen molar-refractivity contribution in [3.05, 3.63) is 29.6 Å². The number of rotatable bonds is 3. The molecule has 1 aromatic heterocycles. The zero-order valence-corrected chi connectivity index (χ0v) is 12.0. The highest BCUT2D eigenvalue weighted by Crippen LogP contribution is 2.30. The maximum atomic E-state index is 12.1. The molecule has 1 aromatic rings. The molecule has 1 aliphatic rings. The number of amides is 1. The molecule has 1 amide bonds. The van der Waals surface area contributed by atoms with E-state index in [9.17, 15) is 18.0 Å². The van der Waals surface area contributed by atoms with Gasteiger partial charge in [0, 0.05) is 31.9 Å². The number of carbonyl (C=O) groups is 1. The van der Waals surface area contributed by atoms with Gasteiger partial charge in [-0.25, -0.2) is 0 Å². The van der Waals surface area contributed by atoms with Gasteiger partial charge in [-0.3, -0.25) is 9.78 Å². The number of nitrogens with zero attached hydrogens (tertiary/aromatic N) is 2. The number of aromatic nitrogens is 1. The summed E-state index contributed by atoms with van der Waals surface area (Å²) in [7, 11) is 0. The predicted octanol–water partition coefficient (Wildman–Crippen LogP) is 3.44. The first kappa shape index (κ1) is 15.8. The van der Waals surface area contributed by atoms with E-state index in [1.807, 2.05) is 19.2 Å². The van der Waals surface area contributed by atoms with Gasteiger partial charge in [-0.05, 0) is 42.9 Å². The SMILES string of the molecule is Cc1ccncc1C1CCN(C(=O)CCC(F)(F)F)CC1. The van der Waals surface area contributed by atoms with Crippen LogP contribution in [0.25, 0.3) is 0 Å². The Morgan fingerprint density at radius 1 is 1.38 bits per heavy atom. The molecule has 0 aliphatic carbocycles. The lowest BCUT2D eigenvalue weighted by molar-refractivity contribution is -0.149. The molecule has 116 valence electrons. The van der Waals surface area contributed by atoms with E-state index >= 15 is 0 Å². The summed E-state index contributed by atoms with van der Waals surface area (Å²) >= 11 is 0. The Balaban J connectivity index is 1.86. The van der Waals surface area contributed by atoms with E-state index in [4.69, 9.17) is 0 Å². The molecule has 1 saturated heterocycles. The lowest BCUT2D eigenvalue weighted by Gasteiger charge is -2.32. The van der Waals surface area contributed by atoms with Crippen LogP contribution in [0.5, 0.6) is 0 Å². The average Bonchev–Trinajstić information content (AvgIpc) is 2.45. The zero-order valence-electron chi connectivity index (χ0n) is 12.0. The summed E-state index contributed by atoms with van der Waals surface area (Å²) in [5.41, 5.74) is 2.35. The molecule has 0 radical (unpaired) electrons. The van der Waals surface area contributed by atoms with Crippen molar-refractivity contribution >= 4 is 5.91 Å². The van der Waals surface area contributed by atoms with Crippen LogP contribution in [0.4, 0.5) is 13.2 Å². The third kappa shape index (κ3) is 4.44. The number of halogens is 3. The second-order valence-electron chi connectivity index (χ2n) is 5.50. The first-order valence-electron chi connectivity index (χ1n) is 7.12. The first-order chi connectivity index (χ1) is 9.87. The molecule has 0 aromatic carbocycles. The maximum absolute atomic E-state index is 12.1. The summed E-state index contributed by atoms with van der Waals surface area (Å²) < 4.78 is 36.4. The van der Waals surface area contributed by atoms with Crippen molar-refractivity contribution in [2.75, 3.05) is 13.1 Å². The summed E-state index contributed by atoms with van der Waals surface area (Å²) in [5, 5.41) is 0. The fourth-order valence-electron chi connectivity index (χ4n) is 2.75. The number of hydrogen-bond donors (Lipinski definition) is 0. The van der Waals surface area contributed by atoms with E-state index in [0.717, 1.165) is 12.8 Å². The van der Waals surface area contributed by atoms with Gasteiger partial charge < -0.3 is 4.90 Å². The van der Waals surface area contributed by atoms with Crippen molar-refractivity contribution in [2.24, 2.45) is 0 Å². The highest BCUT2D eigenvalue weighted by Gasteiger charge is 2.30. The second kappa shape index (κ2) is 6.45. The quantitative estimate of drug-likeness (QED) is 0.856. The van der Waals surface area contributed by atoms with Gasteiger partial charge in [0.15, 0.2) is 0 Å². The number of alkyl halides is 3. The fourth-order valence-corrected chi connectivity index (χ4v) is 2.75. The minimum absolute atomic E-state index is 0.338. The number of hydrogen-bond acceptors (Lipinski definition) is 2. The van der Waals surface area contributed by atoms with Crippen LogP contribution in [-0.2, 0) is 4.79 Å². The molecule has 0 bridgehead atoms. The van der Waals surface area contributed by atoms with Crippen LogP contribution in [0.2, 0.25) is 0 Å². The van der Waals surface area contributed by atoms with E-state index < -0.39 is 24.9 Å². The molecule has 1 aliphatic heterocycles. The zero-order chi connectivity index (χ0) is 15.5. The van der Waals surface area contributed by atoms with Crippen LogP contribution in [0.3, 0.4) is 0 Å². The number of aryl methyl sites for hydroxylation is 1. The molecule has 2 rings (SSSR count). The molecule has 0 unspecified atom stereocenters. The molecular weight excluding hydrogens is 281 g/mol. The van der Waals surface area contributed by atoms with E-state index in [-0.39, 0.29) is 0 Å². The van der Waals surface area contributed by atoms with Gasteiger partial charge in [-0.2, -0.15) is 13.2 Å². The highest BCUT2D eigenvalue weighted by atomic mass is 19.4. The van der Waals surface area contributed by atoms with Gasteiger partial charge in [-0.1, -0.05) is 0 Å². The van der Waals surface area contributed by atoms with Crippen molar-refractivity contribution < 1.29 is 18.0 Å². The van der Waals surface area contributed by atoms with E-state index in [1.54, 1.807) is 11.1 Å². The van der Waals surface area contributed by atoms with Gasteiger partial charge in [0.1, 0.15) is 0 Å². The highest BCUT2D eigenvalue weighted by molar-refractivity contribution is 5.76. The Bertz CT molecular complexity index is 494. The van der Waals surface area contributed by atoms with Gasteiger partial charge in [0.2, 0.25) is 5.91 Å². The van der Waals surface area contributed by atoms with Gasteiger partial charge in [0.05, 0.1) is 6.42 Å². The average molecular weight is 300 g/mol. The maximum Gasteiger partial charge on any atom is 0.389 e. The summed E-state index contributed by atoms with van der Waals surface area (Å²) in [6.07, 6.45) is -0.585. The lowest BCUT2D eigenvalue weighted by Crippen LogP contribution is -2.38. The van der Waals surface area contributed by atoms with Crippen LogP contribution in [0.1, 0.15) is 42.7 Å². The normalized spacial score (nSPS) is 17.0. The molecule has 0 atom stereocenters. The molecule has 21 heavy (non-hydrogen) atoms. The third-order valence-electron chi connectivity index (χ3n) is 3.99. The molecule has 2 heterocycles. The van der Waals surface area contributed by atoms with Crippen molar-refractivity contribution in [1.29, 1.82) is 0 Å². The van der Waals surface area contributed by atoms with Crippen LogP contribution in [0, 0.1) is 6.92 Å². The Kier molecular flexibility index (Phi) is 4.85. The standard InChI is InChI=1S/C15H19F3N2O/c1-11-3-7-19-10-13(11)12-4-8-20(9-5-12)14(21)2-6-15(16,17)18/h3,7,10,12H,2,4-6,8-9H2,1H3. The van der Waals surface area contributed by atoms with Crippen LogP contribution in [0.15, 0.2) is 18.5 Å². The molecule has 0 spiro atoms. The number of carbonyl (C=O) groups excluding carboxylic acids is 1. The summed E-state index contributed by atoms with van der Waals surface area (Å²) in [5.74, 6) is -0.0564. The minimum Gasteiger partial charge on any atom is -0.343 e. The van der Waals surface area contributed by atoms with Crippen LogP contribution in [-0.4, -0.2) is 35.1 Å². The first-order valence-corrected chi connectivity index (χ1v) is 7.12. The molecule has 3 nitrogen and oxygen atoms in total. The van der Waals surface area contributed by atoms with Gasteiger partial charge >= 0.3 is 6.18 Å². The Morgan fingerprint density at radius 2 is 2.05 bits per heavy atom. The molecule has 0 N–H and O–H groups in total. The lowest BCUT2D eigenvalue weighted by atomic mass is 9.88. The van der Waals surface area contributed by atoms with E-state index in [1.165, 1.54) is 11.1 Å². The minimum atomic E-state index is -4.26. The number of pyridine rings is 1. The Labute approximate surface area is 122 Å². The summed E-state index contributed by atoms with van der Waals surface area (Å²) in [4.78, 5) is 17.4. The van der Waals surface area contributed by atoms with Crippen molar-refractivity contribution in [3.8, 4) is 0 Å². The number of likely N-dealkylation sites (tertiary alicyclic amines) is 1. The summed E-state index contributed by atoms with van der Waals surface area (Å²) in [6, 6.07) is 1.95. The van der Waals surface area contributed by atoms with E-state index in [0.29, 0.717) is 19.0 Å². The Hall–Kier alpha value is -1.59. The fraction of sp³-hybridized carbons (Fsp3) is 0.600. The molecule has 0 saturated carbocycles. The molecular formula is C15H19F3N2O. The van der Waals surface area contributed by atoms with Crippen LogP contribution < -0.4 is 0 Å². The van der Waals surface area contributed by atoms with Crippen molar-refractivity contribution in [3.63, 3.8) is 0 Å². The van der Waals surface area contributed by atoms with Crippen molar-refractivity contribution in [2.45, 2.75) is 44.7 Å². The molecule has 6 heteroatoms. The van der Waals surface area contributed by atoms with Gasteiger partial charge in [0.25, 0.3) is 0 Å². The molecule has 1 fully saturated rings. The number of piperidine rings is 1.